The SMILES string of the molecule is O=C(O)CSc1nccn1CCC1CCOC1. The second-order valence-corrected chi connectivity index (χ2v) is 5.05. The van der Waals surface area contributed by atoms with E-state index in [1.54, 1.807) is 6.20 Å². The van der Waals surface area contributed by atoms with Crippen LogP contribution in [0.3, 0.4) is 0 Å². The minimum Gasteiger partial charge on any atom is -0.481 e. The van der Waals surface area contributed by atoms with Crippen molar-refractivity contribution in [1.29, 1.82) is 0 Å². The molecule has 0 bridgehead atoms. The number of aromatic nitrogens is 2. The lowest BCUT2D eigenvalue weighted by atomic mass is 10.1. The van der Waals surface area contributed by atoms with E-state index in [0.29, 0.717) is 5.92 Å². The van der Waals surface area contributed by atoms with Crippen LogP contribution in [0, 0.1) is 5.92 Å². The molecule has 5 nitrogen and oxygen atoms in total. The minimum absolute atomic E-state index is 0.0591. The number of hydrogen-bond donors (Lipinski definition) is 1. The van der Waals surface area contributed by atoms with Gasteiger partial charge in [0.15, 0.2) is 5.16 Å². The summed E-state index contributed by atoms with van der Waals surface area (Å²) < 4.78 is 7.35. The maximum atomic E-state index is 10.5. The van der Waals surface area contributed by atoms with Crippen molar-refractivity contribution in [2.24, 2.45) is 5.92 Å². The van der Waals surface area contributed by atoms with Gasteiger partial charge in [0.1, 0.15) is 0 Å². The zero-order valence-electron chi connectivity index (χ0n) is 9.54. The summed E-state index contributed by atoms with van der Waals surface area (Å²) in [6.45, 7) is 2.61. The summed E-state index contributed by atoms with van der Waals surface area (Å²) in [6, 6.07) is 0. The highest BCUT2D eigenvalue weighted by molar-refractivity contribution is 7.99. The van der Waals surface area contributed by atoms with Crippen molar-refractivity contribution in [2.75, 3.05) is 19.0 Å². The number of aryl methyl sites for hydroxylation is 1. The molecule has 0 aromatic carbocycles. The van der Waals surface area contributed by atoms with Gasteiger partial charge in [-0.2, -0.15) is 0 Å². The summed E-state index contributed by atoms with van der Waals surface area (Å²) in [4.78, 5) is 14.7. The molecule has 94 valence electrons. The summed E-state index contributed by atoms with van der Waals surface area (Å²) in [7, 11) is 0. The number of ether oxygens (including phenoxy) is 1. The fraction of sp³-hybridized carbons (Fsp3) is 0.636. The first-order valence-electron chi connectivity index (χ1n) is 5.69. The molecule has 1 atom stereocenters. The predicted octanol–water partition coefficient (Wildman–Crippen LogP) is 1.49. The van der Waals surface area contributed by atoms with E-state index in [1.165, 1.54) is 11.8 Å². The van der Waals surface area contributed by atoms with Crippen molar-refractivity contribution in [3.8, 4) is 0 Å². The molecule has 0 radical (unpaired) electrons. The van der Waals surface area contributed by atoms with Gasteiger partial charge in [-0.1, -0.05) is 11.8 Å². The Kier molecular flexibility index (Phi) is 4.44. The largest absolute Gasteiger partial charge is 0.481 e. The van der Waals surface area contributed by atoms with Crippen LogP contribution in [-0.2, 0) is 16.1 Å². The molecule has 2 heterocycles. The van der Waals surface area contributed by atoms with Crippen molar-refractivity contribution < 1.29 is 14.6 Å². The van der Waals surface area contributed by atoms with E-state index >= 15 is 0 Å². The molecule has 1 aliphatic rings. The van der Waals surface area contributed by atoms with E-state index in [4.69, 9.17) is 9.84 Å². The molecule has 1 fully saturated rings. The Bertz CT molecular complexity index is 375. The number of imidazole rings is 1. The Morgan fingerprint density at radius 2 is 2.59 bits per heavy atom. The number of aliphatic carboxylic acids is 1. The smallest absolute Gasteiger partial charge is 0.313 e. The lowest BCUT2D eigenvalue weighted by Crippen LogP contribution is -2.07. The van der Waals surface area contributed by atoms with Crippen molar-refractivity contribution in [3.63, 3.8) is 0 Å². The number of thioether (sulfide) groups is 1. The third kappa shape index (κ3) is 3.74. The molecule has 1 aromatic rings. The van der Waals surface area contributed by atoms with Gasteiger partial charge < -0.3 is 14.4 Å². The molecular weight excluding hydrogens is 240 g/mol. The van der Waals surface area contributed by atoms with Crippen LogP contribution in [0.2, 0.25) is 0 Å². The normalized spacial score (nSPS) is 19.6. The summed E-state index contributed by atoms with van der Waals surface area (Å²) in [5.74, 6) is -0.118. The average molecular weight is 256 g/mol. The highest BCUT2D eigenvalue weighted by Crippen LogP contribution is 2.20. The number of carboxylic acids is 1. The number of rotatable bonds is 6. The van der Waals surface area contributed by atoms with Crippen LogP contribution in [0.15, 0.2) is 17.6 Å². The fourth-order valence-electron chi connectivity index (χ4n) is 1.86. The molecule has 2 rings (SSSR count). The number of nitrogens with zero attached hydrogens (tertiary/aromatic N) is 2. The zero-order valence-corrected chi connectivity index (χ0v) is 10.4. The van der Waals surface area contributed by atoms with E-state index in [0.717, 1.165) is 37.8 Å². The van der Waals surface area contributed by atoms with E-state index in [9.17, 15) is 4.79 Å². The topological polar surface area (TPSA) is 64.3 Å². The van der Waals surface area contributed by atoms with Gasteiger partial charge in [-0.15, -0.1) is 0 Å². The Morgan fingerprint density at radius 3 is 3.29 bits per heavy atom. The molecule has 0 amide bonds. The van der Waals surface area contributed by atoms with Gasteiger partial charge in [-0.05, 0) is 18.8 Å². The average Bonchev–Trinajstić information content (AvgIpc) is 2.95. The van der Waals surface area contributed by atoms with Gasteiger partial charge in [0.25, 0.3) is 0 Å². The van der Waals surface area contributed by atoms with Crippen molar-refractivity contribution >= 4 is 17.7 Å². The van der Waals surface area contributed by atoms with Crippen molar-refractivity contribution in [3.05, 3.63) is 12.4 Å². The van der Waals surface area contributed by atoms with Crippen LogP contribution in [0.5, 0.6) is 0 Å². The van der Waals surface area contributed by atoms with E-state index < -0.39 is 5.97 Å². The van der Waals surface area contributed by atoms with Gasteiger partial charge in [-0.25, -0.2) is 4.98 Å². The third-order valence-electron chi connectivity index (χ3n) is 2.80. The Hall–Kier alpha value is -1.01. The first-order valence-corrected chi connectivity index (χ1v) is 6.67. The van der Waals surface area contributed by atoms with Gasteiger partial charge in [-0.3, -0.25) is 4.79 Å². The second-order valence-electron chi connectivity index (χ2n) is 4.10. The monoisotopic (exact) mass is 256 g/mol. The lowest BCUT2D eigenvalue weighted by Gasteiger charge is -2.09. The molecule has 0 saturated carbocycles. The van der Waals surface area contributed by atoms with Crippen LogP contribution >= 0.6 is 11.8 Å². The molecule has 1 aliphatic heterocycles. The van der Waals surface area contributed by atoms with Gasteiger partial charge >= 0.3 is 5.97 Å². The van der Waals surface area contributed by atoms with Crippen LogP contribution in [0.4, 0.5) is 0 Å². The first-order chi connectivity index (χ1) is 8.25. The Morgan fingerprint density at radius 1 is 1.71 bits per heavy atom. The summed E-state index contributed by atoms with van der Waals surface area (Å²) in [6.07, 6.45) is 5.82. The third-order valence-corrected chi connectivity index (χ3v) is 3.79. The molecule has 0 aliphatic carbocycles. The molecule has 1 aromatic heterocycles. The number of carbonyl (C=O) groups is 1. The highest BCUT2D eigenvalue weighted by Gasteiger charge is 2.16. The highest BCUT2D eigenvalue weighted by atomic mass is 32.2. The molecular formula is C11H16N2O3S. The summed E-state index contributed by atoms with van der Waals surface area (Å²) >= 11 is 1.27. The Labute approximate surface area is 104 Å². The van der Waals surface area contributed by atoms with Gasteiger partial charge in [0.2, 0.25) is 0 Å². The molecule has 0 spiro atoms. The van der Waals surface area contributed by atoms with Crippen LogP contribution < -0.4 is 0 Å². The zero-order chi connectivity index (χ0) is 12.1. The van der Waals surface area contributed by atoms with E-state index in [2.05, 4.69) is 4.98 Å². The molecule has 17 heavy (non-hydrogen) atoms. The molecule has 1 N–H and O–H groups in total. The maximum Gasteiger partial charge on any atom is 0.313 e. The number of hydrogen-bond acceptors (Lipinski definition) is 4. The Balaban J connectivity index is 1.82. The fourth-order valence-corrected chi connectivity index (χ4v) is 2.57. The quantitative estimate of drug-likeness (QED) is 0.781. The molecule has 1 unspecified atom stereocenters. The van der Waals surface area contributed by atoms with Crippen molar-refractivity contribution in [1.82, 2.24) is 9.55 Å². The summed E-state index contributed by atoms with van der Waals surface area (Å²) in [5.41, 5.74) is 0. The van der Waals surface area contributed by atoms with Gasteiger partial charge in [0.05, 0.1) is 5.75 Å². The molecule has 6 heteroatoms. The minimum atomic E-state index is -0.811. The van der Waals surface area contributed by atoms with Crippen LogP contribution in [-0.4, -0.2) is 39.6 Å². The predicted molar refractivity (Wildman–Crippen MR) is 64.1 cm³/mol. The van der Waals surface area contributed by atoms with E-state index in [-0.39, 0.29) is 5.75 Å². The van der Waals surface area contributed by atoms with Gasteiger partial charge in [0, 0.05) is 32.2 Å². The maximum absolute atomic E-state index is 10.5. The van der Waals surface area contributed by atoms with Crippen molar-refractivity contribution in [2.45, 2.75) is 24.5 Å². The second kappa shape index (κ2) is 6.07. The standard InChI is InChI=1S/C11H16N2O3S/c14-10(15)8-17-11-12-3-5-13(11)4-1-9-2-6-16-7-9/h3,5,9H,1-2,4,6-8H2,(H,14,15). The molecule has 1 saturated heterocycles. The van der Waals surface area contributed by atoms with Crippen LogP contribution in [0.25, 0.3) is 0 Å². The van der Waals surface area contributed by atoms with Crippen LogP contribution in [0.1, 0.15) is 12.8 Å². The summed E-state index contributed by atoms with van der Waals surface area (Å²) in [5, 5.41) is 9.41. The number of carboxylic acid groups (broad SMARTS) is 1. The van der Waals surface area contributed by atoms with E-state index in [1.807, 2.05) is 10.8 Å². The first kappa shape index (κ1) is 12.4. The lowest BCUT2D eigenvalue weighted by molar-refractivity contribution is -0.133.